The summed E-state index contributed by atoms with van der Waals surface area (Å²) in [5, 5.41) is 35.4. The standard InChI is InChI=1S/2C25H28FN5O4/c2*1-34-16-3-4-20-18(10-16)17(6-8-27-20)22(32)13-31-9-7-21(19(26)12-31)28-11-15-2-5-23-25(29-15)30-24(33)14-35-23/h2*2-6,8,10,19,21-22,28,32H,7,9,11-14H2,1H3,(H,29,30,33)/t19-,21-,22+;19-,21-,22-/m10/s1. The van der Waals surface area contributed by atoms with Crippen LogP contribution in [0.15, 0.2) is 85.2 Å². The Morgan fingerprint density at radius 1 is 0.671 bits per heavy atom. The highest BCUT2D eigenvalue weighted by molar-refractivity contribution is 5.94. The molecule has 2 fully saturated rings. The number of fused-ring (bicyclic) bond motifs is 4. The minimum Gasteiger partial charge on any atom is -0.497 e. The first kappa shape index (κ1) is 48.3. The van der Waals surface area contributed by atoms with Gasteiger partial charge in [0, 0.05) is 74.5 Å². The van der Waals surface area contributed by atoms with Crippen molar-refractivity contribution in [1.29, 1.82) is 0 Å². The number of amides is 2. The zero-order valence-electron chi connectivity index (χ0n) is 38.8. The van der Waals surface area contributed by atoms with E-state index in [1.807, 2.05) is 46.2 Å². The summed E-state index contributed by atoms with van der Waals surface area (Å²) in [6.07, 6.45) is 0.814. The third-order valence-electron chi connectivity index (χ3n) is 13.0. The molecule has 2 saturated heterocycles. The summed E-state index contributed by atoms with van der Waals surface area (Å²) in [6, 6.07) is 21.2. The maximum atomic E-state index is 15.0. The predicted octanol–water partition coefficient (Wildman–Crippen LogP) is 4.41. The Morgan fingerprint density at radius 2 is 1.11 bits per heavy atom. The topological polar surface area (TPSA) is 218 Å². The van der Waals surface area contributed by atoms with E-state index in [1.165, 1.54) is 0 Å². The molecule has 6 aromatic rings. The summed E-state index contributed by atoms with van der Waals surface area (Å²) in [6.45, 7) is 3.13. The Bertz CT molecular complexity index is 2640. The monoisotopic (exact) mass is 962 g/mol. The quantitative estimate of drug-likeness (QED) is 0.0892. The van der Waals surface area contributed by atoms with Gasteiger partial charge in [0.15, 0.2) is 36.3 Å². The van der Waals surface area contributed by atoms with Crippen molar-refractivity contribution in [1.82, 2.24) is 40.4 Å². The zero-order valence-corrected chi connectivity index (χ0v) is 38.8. The van der Waals surface area contributed by atoms with Crippen LogP contribution in [0.4, 0.5) is 20.4 Å². The van der Waals surface area contributed by atoms with E-state index in [0.717, 1.165) is 32.9 Å². The normalized spacial score (nSPS) is 21.2. The Balaban J connectivity index is 0.000000174. The van der Waals surface area contributed by atoms with Crippen LogP contribution in [0.2, 0.25) is 0 Å². The second-order valence-corrected chi connectivity index (χ2v) is 17.7. The van der Waals surface area contributed by atoms with Gasteiger partial charge in [-0.1, -0.05) is 0 Å². The number of methoxy groups -OCH3 is 2. The van der Waals surface area contributed by atoms with Crippen LogP contribution in [0, 0.1) is 0 Å². The molecule has 0 spiro atoms. The molecule has 6 N–H and O–H groups in total. The lowest BCUT2D eigenvalue weighted by molar-refractivity contribution is -0.119. The summed E-state index contributed by atoms with van der Waals surface area (Å²) in [7, 11) is 3.20. The largest absolute Gasteiger partial charge is 0.497 e. The fourth-order valence-electron chi connectivity index (χ4n) is 9.22. The first-order chi connectivity index (χ1) is 34.0. The number of aliphatic hydroxyl groups excluding tert-OH is 2. The van der Waals surface area contributed by atoms with Crippen LogP contribution >= 0.6 is 0 Å². The lowest BCUT2D eigenvalue weighted by atomic mass is 10.00. The molecule has 4 aliphatic heterocycles. The first-order valence-corrected chi connectivity index (χ1v) is 23.3. The highest BCUT2D eigenvalue weighted by atomic mass is 19.1. The Labute approximate surface area is 402 Å². The predicted molar refractivity (Wildman–Crippen MR) is 256 cm³/mol. The number of alkyl halides is 2. The van der Waals surface area contributed by atoms with Crippen molar-refractivity contribution in [2.75, 3.05) is 77.3 Å². The molecule has 0 aliphatic carbocycles. The molecule has 0 radical (unpaired) electrons. The van der Waals surface area contributed by atoms with Crippen molar-refractivity contribution in [3.05, 3.63) is 108 Å². The maximum Gasteiger partial charge on any atom is 0.263 e. The van der Waals surface area contributed by atoms with Crippen LogP contribution in [0.1, 0.15) is 47.6 Å². The number of rotatable bonds is 14. The SMILES string of the molecule is COc1ccc2nccc([C@@H](O)CN3CC[C@@H](NCc4ccc5c(n4)NC(=O)CO5)[C@H](F)C3)c2c1.COc1ccc2nccc([C@@H](O)CN3CC[C@H](NCc4ccc5c(n4)NC(=O)CO5)[C@@H](F)C3)c2c1. The second-order valence-electron chi connectivity index (χ2n) is 17.7. The molecule has 70 heavy (non-hydrogen) atoms. The highest BCUT2D eigenvalue weighted by Gasteiger charge is 2.32. The van der Waals surface area contributed by atoms with Crippen molar-refractivity contribution >= 4 is 45.3 Å². The molecule has 8 heterocycles. The summed E-state index contributed by atoms with van der Waals surface area (Å²) in [5.41, 5.74) is 4.43. The minimum atomic E-state index is -1.09. The van der Waals surface area contributed by atoms with Gasteiger partial charge in [0.25, 0.3) is 11.8 Å². The van der Waals surface area contributed by atoms with Gasteiger partial charge in [-0.15, -0.1) is 0 Å². The number of carbonyl (C=O) groups excluding carboxylic acids is 2. The fraction of sp³-hybridized carbons (Fsp3) is 0.400. The Morgan fingerprint density at radius 3 is 1.53 bits per heavy atom. The Kier molecular flexibility index (Phi) is 15.2. The number of β-amino-alcohol motifs (C(OH)–C–C–N with tert-alkyl or cyclic N) is 2. The molecule has 0 saturated carbocycles. The van der Waals surface area contributed by atoms with Gasteiger partial charge in [0.05, 0.1) is 48.8 Å². The number of pyridine rings is 4. The number of nitrogens with zero attached hydrogens (tertiary/aromatic N) is 6. The lowest BCUT2D eigenvalue weighted by Crippen LogP contribution is -2.51. The zero-order chi connectivity index (χ0) is 48.7. The van der Waals surface area contributed by atoms with Crippen LogP contribution in [0.25, 0.3) is 21.8 Å². The molecule has 20 heteroatoms. The van der Waals surface area contributed by atoms with E-state index in [9.17, 15) is 19.8 Å². The van der Waals surface area contributed by atoms with Gasteiger partial charge in [0.1, 0.15) is 23.8 Å². The molecule has 4 aromatic heterocycles. The van der Waals surface area contributed by atoms with E-state index >= 15 is 8.78 Å². The number of halogens is 2. The number of ether oxygens (including phenoxy) is 4. The summed E-state index contributed by atoms with van der Waals surface area (Å²) < 4.78 is 51.3. The van der Waals surface area contributed by atoms with E-state index in [0.29, 0.717) is 98.1 Å². The second kappa shape index (κ2) is 22.0. The lowest BCUT2D eigenvalue weighted by Gasteiger charge is -2.36. The first-order valence-electron chi connectivity index (χ1n) is 23.3. The maximum absolute atomic E-state index is 15.0. The molecular weight excluding hydrogens is 907 g/mol. The van der Waals surface area contributed by atoms with Crippen molar-refractivity contribution in [2.45, 2.75) is 62.6 Å². The van der Waals surface area contributed by atoms with Crippen LogP contribution < -0.4 is 40.2 Å². The molecular formula is C50H56F2N10O8. The van der Waals surface area contributed by atoms with Gasteiger partial charge >= 0.3 is 0 Å². The van der Waals surface area contributed by atoms with E-state index in [2.05, 4.69) is 41.2 Å². The van der Waals surface area contributed by atoms with Crippen LogP contribution in [-0.4, -0.2) is 143 Å². The van der Waals surface area contributed by atoms with Crippen LogP contribution in [0.3, 0.4) is 0 Å². The number of aliphatic hydroxyl groups is 2. The number of nitrogens with one attached hydrogen (secondary N) is 4. The molecule has 18 nitrogen and oxygen atoms in total. The van der Waals surface area contributed by atoms with E-state index in [4.69, 9.17) is 18.9 Å². The van der Waals surface area contributed by atoms with E-state index in [-0.39, 0.29) is 50.2 Å². The van der Waals surface area contributed by atoms with Crippen molar-refractivity contribution < 1.29 is 47.5 Å². The van der Waals surface area contributed by atoms with Gasteiger partial charge in [-0.3, -0.25) is 29.4 Å². The fourth-order valence-corrected chi connectivity index (χ4v) is 9.22. The molecule has 4 aliphatic rings. The molecule has 368 valence electrons. The van der Waals surface area contributed by atoms with Gasteiger partial charge in [-0.2, -0.15) is 0 Å². The van der Waals surface area contributed by atoms with Gasteiger partial charge in [-0.25, -0.2) is 18.7 Å². The summed E-state index contributed by atoms with van der Waals surface area (Å²) in [5.74, 6) is 2.74. The number of hydrogen-bond acceptors (Lipinski definition) is 16. The third-order valence-corrected chi connectivity index (χ3v) is 13.0. The number of carbonyl (C=O) groups is 2. The average molecular weight is 963 g/mol. The number of benzene rings is 2. The van der Waals surface area contributed by atoms with Gasteiger partial charge < -0.3 is 50.4 Å². The molecule has 2 aromatic carbocycles. The average Bonchev–Trinajstić information content (AvgIpc) is 3.37. The molecule has 0 bridgehead atoms. The van der Waals surface area contributed by atoms with E-state index < -0.39 is 24.6 Å². The third kappa shape index (κ3) is 11.5. The van der Waals surface area contributed by atoms with Crippen LogP contribution in [-0.2, 0) is 22.7 Å². The Hall–Kier alpha value is -6.68. The van der Waals surface area contributed by atoms with Crippen molar-refractivity contribution in [2.24, 2.45) is 0 Å². The van der Waals surface area contributed by atoms with Crippen LogP contribution in [0.5, 0.6) is 23.0 Å². The van der Waals surface area contributed by atoms with Gasteiger partial charge in [0.2, 0.25) is 0 Å². The molecule has 2 amide bonds. The molecule has 6 atom stereocenters. The molecule has 0 unspecified atom stereocenters. The van der Waals surface area contributed by atoms with Crippen molar-refractivity contribution in [3.63, 3.8) is 0 Å². The smallest absolute Gasteiger partial charge is 0.263 e. The highest BCUT2D eigenvalue weighted by Crippen LogP contribution is 2.31. The number of aromatic nitrogens is 4. The minimum absolute atomic E-state index is 0.0192. The van der Waals surface area contributed by atoms with Crippen molar-refractivity contribution in [3.8, 4) is 23.0 Å². The molecule has 10 rings (SSSR count). The summed E-state index contributed by atoms with van der Waals surface area (Å²) in [4.78, 5) is 44.4. The summed E-state index contributed by atoms with van der Waals surface area (Å²) >= 11 is 0. The number of likely N-dealkylation sites (tertiary alicyclic amines) is 2. The number of anilines is 2. The number of piperidine rings is 2. The number of hydrogen-bond donors (Lipinski definition) is 6. The van der Waals surface area contributed by atoms with E-state index in [1.54, 1.807) is 63.0 Å². The van der Waals surface area contributed by atoms with Gasteiger partial charge in [-0.05, 0) is 110 Å².